The molecule has 2 amide bonds. The predicted molar refractivity (Wildman–Crippen MR) is 51.6 cm³/mol. The van der Waals surface area contributed by atoms with E-state index < -0.39 is 12.0 Å². The van der Waals surface area contributed by atoms with Gasteiger partial charge in [0.1, 0.15) is 0 Å². The first kappa shape index (κ1) is 11.8. The second kappa shape index (κ2) is 5.41. The summed E-state index contributed by atoms with van der Waals surface area (Å²) < 4.78 is 0. The van der Waals surface area contributed by atoms with Crippen LogP contribution < -0.4 is 17.2 Å². The molecule has 0 aliphatic heterocycles. The topological polar surface area (TPSA) is 132 Å². The zero-order chi connectivity index (χ0) is 11.1. The second-order valence-corrected chi connectivity index (χ2v) is 2.33. The van der Waals surface area contributed by atoms with E-state index in [0.717, 1.165) is 0 Å². The van der Waals surface area contributed by atoms with Crippen molar-refractivity contribution in [3.63, 3.8) is 0 Å². The summed E-state index contributed by atoms with van der Waals surface area (Å²) in [6.45, 7) is 0. The van der Waals surface area contributed by atoms with Gasteiger partial charge in [0.25, 0.3) is 0 Å². The zero-order valence-electron chi connectivity index (χ0n) is 7.31. The van der Waals surface area contributed by atoms with Crippen LogP contribution in [0.2, 0.25) is 0 Å². The number of urea groups is 1. The van der Waals surface area contributed by atoms with Crippen molar-refractivity contribution in [2.24, 2.45) is 11.5 Å². The molecule has 0 spiro atoms. The molecule has 14 heavy (non-hydrogen) atoms. The number of anilines is 1. The molecular formula is C8H11N3O3. The van der Waals surface area contributed by atoms with E-state index >= 15 is 0 Å². The molecule has 0 radical (unpaired) electrons. The van der Waals surface area contributed by atoms with Crippen LogP contribution in [0.25, 0.3) is 0 Å². The van der Waals surface area contributed by atoms with Crippen LogP contribution in [0.4, 0.5) is 10.5 Å². The molecule has 1 aromatic rings. The smallest absolute Gasteiger partial charge is 0.335 e. The van der Waals surface area contributed by atoms with E-state index in [2.05, 4.69) is 11.5 Å². The molecule has 1 rings (SSSR count). The molecule has 0 saturated carbocycles. The monoisotopic (exact) mass is 197 g/mol. The Morgan fingerprint density at radius 2 is 1.43 bits per heavy atom. The average molecular weight is 197 g/mol. The number of aromatic carboxylic acids is 1. The number of amides is 2. The van der Waals surface area contributed by atoms with Crippen molar-refractivity contribution in [3.05, 3.63) is 29.8 Å². The maximum absolute atomic E-state index is 10.3. The van der Waals surface area contributed by atoms with Crippen molar-refractivity contribution in [2.75, 3.05) is 5.73 Å². The number of hydrogen-bond acceptors (Lipinski definition) is 3. The van der Waals surface area contributed by atoms with Gasteiger partial charge in [-0.3, -0.25) is 0 Å². The van der Waals surface area contributed by atoms with Gasteiger partial charge in [0.15, 0.2) is 0 Å². The lowest BCUT2D eigenvalue weighted by Crippen LogP contribution is -2.18. The van der Waals surface area contributed by atoms with E-state index in [4.69, 9.17) is 15.6 Å². The number of hydrogen-bond donors (Lipinski definition) is 4. The van der Waals surface area contributed by atoms with Gasteiger partial charge in [0.05, 0.1) is 5.56 Å². The molecule has 0 bridgehead atoms. The summed E-state index contributed by atoms with van der Waals surface area (Å²) in [6.07, 6.45) is 0. The molecule has 6 nitrogen and oxygen atoms in total. The quantitative estimate of drug-likeness (QED) is 0.471. The average Bonchev–Trinajstić information content (AvgIpc) is 2.03. The van der Waals surface area contributed by atoms with E-state index in [9.17, 15) is 4.79 Å². The first-order valence-corrected chi connectivity index (χ1v) is 3.57. The number of benzene rings is 1. The predicted octanol–water partition coefficient (Wildman–Crippen LogP) is -0.00920. The Labute approximate surface area is 80.3 Å². The normalized spacial score (nSPS) is 8.29. The Morgan fingerprint density at radius 1 is 1.07 bits per heavy atom. The van der Waals surface area contributed by atoms with Gasteiger partial charge in [-0.1, -0.05) is 0 Å². The first-order chi connectivity index (χ1) is 6.43. The fourth-order valence-electron chi connectivity index (χ4n) is 0.626. The van der Waals surface area contributed by atoms with E-state index in [0.29, 0.717) is 5.69 Å². The molecule has 0 unspecified atom stereocenters. The Balaban J connectivity index is 0.000000364. The van der Waals surface area contributed by atoms with Gasteiger partial charge in [-0.15, -0.1) is 0 Å². The summed E-state index contributed by atoms with van der Waals surface area (Å²) in [6, 6.07) is 5.22. The summed E-state index contributed by atoms with van der Waals surface area (Å²) in [5, 5.41) is 8.43. The number of carbonyl (C=O) groups is 2. The van der Waals surface area contributed by atoms with Crippen LogP contribution in [0.3, 0.4) is 0 Å². The summed E-state index contributed by atoms with van der Waals surface area (Å²) in [5.74, 6) is -0.931. The maximum atomic E-state index is 10.3. The molecule has 0 fully saturated rings. The Bertz CT molecular complexity index is 317. The number of carbonyl (C=O) groups excluding carboxylic acids is 1. The summed E-state index contributed by atoms with van der Waals surface area (Å²) in [4.78, 5) is 19.3. The highest BCUT2D eigenvalue weighted by molar-refractivity contribution is 5.87. The van der Waals surface area contributed by atoms with Crippen molar-refractivity contribution in [1.82, 2.24) is 0 Å². The highest BCUT2D eigenvalue weighted by Crippen LogP contribution is 2.04. The second-order valence-electron chi connectivity index (χ2n) is 2.33. The largest absolute Gasteiger partial charge is 0.478 e. The van der Waals surface area contributed by atoms with Crippen molar-refractivity contribution in [1.29, 1.82) is 0 Å². The third kappa shape index (κ3) is 5.42. The van der Waals surface area contributed by atoms with Crippen LogP contribution in [0.15, 0.2) is 24.3 Å². The fourth-order valence-corrected chi connectivity index (χ4v) is 0.626. The minimum absolute atomic E-state index is 0.259. The third-order valence-electron chi connectivity index (χ3n) is 1.16. The molecular weight excluding hydrogens is 186 g/mol. The van der Waals surface area contributed by atoms with Crippen LogP contribution in [0.5, 0.6) is 0 Å². The van der Waals surface area contributed by atoms with Crippen LogP contribution in [0.1, 0.15) is 10.4 Å². The zero-order valence-corrected chi connectivity index (χ0v) is 7.31. The number of carboxylic acid groups (broad SMARTS) is 1. The third-order valence-corrected chi connectivity index (χ3v) is 1.16. The molecule has 6 heteroatoms. The molecule has 76 valence electrons. The highest BCUT2D eigenvalue weighted by Gasteiger charge is 1.98. The molecule has 0 aliphatic carbocycles. The summed E-state index contributed by atoms with van der Waals surface area (Å²) >= 11 is 0. The maximum Gasteiger partial charge on any atom is 0.335 e. The summed E-state index contributed by atoms with van der Waals surface area (Å²) in [5.41, 5.74) is 14.7. The Hall–Kier alpha value is -2.24. The van der Waals surface area contributed by atoms with Gasteiger partial charge in [-0.05, 0) is 24.3 Å². The number of rotatable bonds is 1. The van der Waals surface area contributed by atoms with E-state index in [-0.39, 0.29) is 5.56 Å². The lowest BCUT2D eigenvalue weighted by atomic mass is 10.2. The molecule has 0 aromatic heterocycles. The van der Waals surface area contributed by atoms with Crippen molar-refractivity contribution < 1.29 is 14.7 Å². The molecule has 0 saturated heterocycles. The van der Waals surface area contributed by atoms with Gasteiger partial charge < -0.3 is 22.3 Å². The standard InChI is InChI=1S/C7H7NO2.CH4N2O/c8-6-3-1-5(2-4-6)7(9)10;2-1(3)4/h1-4H,8H2,(H,9,10);(H4,2,3,4). The van der Waals surface area contributed by atoms with Crippen LogP contribution >= 0.6 is 0 Å². The van der Waals surface area contributed by atoms with Crippen LogP contribution in [-0.4, -0.2) is 17.1 Å². The van der Waals surface area contributed by atoms with Crippen LogP contribution in [-0.2, 0) is 0 Å². The number of primary amides is 2. The minimum atomic E-state index is -0.931. The van der Waals surface area contributed by atoms with Crippen molar-refractivity contribution >= 4 is 17.7 Å². The number of carboxylic acids is 1. The van der Waals surface area contributed by atoms with Crippen molar-refractivity contribution in [2.45, 2.75) is 0 Å². The van der Waals surface area contributed by atoms with Gasteiger partial charge in [-0.25, -0.2) is 9.59 Å². The molecule has 0 aliphatic rings. The molecule has 7 N–H and O–H groups in total. The minimum Gasteiger partial charge on any atom is -0.478 e. The van der Waals surface area contributed by atoms with Crippen molar-refractivity contribution in [3.8, 4) is 0 Å². The van der Waals surface area contributed by atoms with Gasteiger partial charge in [-0.2, -0.15) is 0 Å². The molecule has 0 heterocycles. The Kier molecular flexibility index (Phi) is 4.55. The Morgan fingerprint density at radius 3 is 1.71 bits per heavy atom. The molecule has 0 atom stereocenters. The fraction of sp³-hybridized carbons (Fsp3) is 0. The van der Waals surface area contributed by atoms with E-state index in [1.165, 1.54) is 12.1 Å². The SMILES string of the molecule is NC(N)=O.Nc1ccc(C(=O)O)cc1. The number of nitrogen functional groups attached to an aromatic ring is 1. The van der Waals surface area contributed by atoms with Gasteiger partial charge in [0.2, 0.25) is 0 Å². The van der Waals surface area contributed by atoms with Crippen LogP contribution in [0, 0.1) is 0 Å². The van der Waals surface area contributed by atoms with Gasteiger partial charge >= 0.3 is 12.0 Å². The number of nitrogens with two attached hydrogens (primary N) is 3. The summed E-state index contributed by atoms with van der Waals surface area (Å²) in [7, 11) is 0. The molecule has 1 aromatic carbocycles. The lowest BCUT2D eigenvalue weighted by molar-refractivity contribution is 0.0697. The highest BCUT2D eigenvalue weighted by atomic mass is 16.4. The van der Waals surface area contributed by atoms with E-state index in [1.807, 2.05) is 0 Å². The lowest BCUT2D eigenvalue weighted by Gasteiger charge is -1.93. The van der Waals surface area contributed by atoms with E-state index in [1.54, 1.807) is 12.1 Å². The van der Waals surface area contributed by atoms with Gasteiger partial charge in [0, 0.05) is 5.69 Å². The first-order valence-electron chi connectivity index (χ1n) is 3.57.